The molecule has 0 rings (SSSR count). The van der Waals surface area contributed by atoms with Gasteiger partial charge in [-0.3, -0.25) is 0 Å². The topological polar surface area (TPSA) is 60.2 Å². The van der Waals surface area contributed by atoms with E-state index in [1.807, 2.05) is 6.92 Å². The van der Waals surface area contributed by atoms with Crippen LogP contribution in [0, 0.1) is 0 Å². The van der Waals surface area contributed by atoms with Crippen LogP contribution in [0.1, 0.15) is 32.6 Å². The van der Waals surface area contributed by atoms with E-state index in [9.17, 15) is 8.42 Å². The molecule has 78 valence electrons. The summed E-state index contributed by atoms with van der Waals surface area (Å²) in [6.07, 6.45) is 3.05. The summed E-state index contributed by atoms with van der Waals surface area (Å²) in [6.45, 7) is 2.04. The molecule has 0 heterocycles. The normalized spacial score (nSPS) is 11.5. The number of hydrogen-bond donors (Lipinski definition) is 1. The van der Waals surface area contributed by atoms with Gasteiger partial charge in [0.05, 0.1) is 16.5 Å². The van der Waals surface area contributed by atoms with Crippen LogP contribution in [-0.2, 0) is 9.84 Å². The highest BCUT2D eigenvalue weighted by Crippen LogP contribution is 2.01. The van der Waals surface area contributed by atoms with Crippen molar-refractivity contribution in [1.82, 2.24) is 0 Å². The molecule has 0 saturated heterocycles. The molecule has 0 fully saturated rings. The van der Waals surface area contributed by atoms with Gasteiger partial charge in [-0.05, 0) is 6.42 Å². The van der Waals surface area contributed by atoms with Gasteiger partial charge in [-0.25, -0.2) is 8.42 Å². The first-order valence-electron chi connectivity index (χ1n) is 4.46. The van der Waals surface area contributed by atoms with Gasteiger partial charge in [0.25, 0.3) is 0 Å². The molecule has 0 bridgehead atoms. The molecule has 0 unspecified atom stereocenters. The Morgan fingerprint density at radius 2 is 1.92 bits per heavy atom. The molecule has 0 aliphatic rings. The van der Waals surface area contributed by atoms with E-state index in [0.29, 0.717) is 6.42 Å². The van der Waals surface area contributed by atoms with E-state index in [2.05, 4.69) is 12.2 Å². The van der Waals surface area contributed by atoms with Gasteiger partial charge in [0, 0.05) is 6.42 Å². The van der Waals surface area contributed by atoms with Crippen molar-refractivity contribution in [1.29, 1.82) is 0 Å². The fourth-order valence-electron chi connectivity index (χ4n) is 0.930. The smallest absolute Gasteiger partial charge is 0.150 e. The van der Waals surface area contributed by atoms with Gasteiger partial charge in [-0.1, -0.05) is 32.0 Å². The molecule has 0 spiro atoms. The summed E-state index contributed by atoms with van der Waals surface area (Å²) in [4.78, 5) is 0.277. The minimum Gasteiger partial charge on any atom is -0.393 e. The quantitative estimate of drug-likeness (QED) is 0.521. The Kier molecular flexibility index (Phi) is 6.24. The Morgan fingerprint density at radius 1 is 1.31 bits per heavy atom. The van der Waals surface area contributed by atoms with Crippen molar-refractivity contribution in [3.05, 3.63) is 0 Å². The maximum atomic E-state index is 11.3. The minimum atomic E-state index is -2.92. The molecule has 5 heteroatoms. The molecule has 0 aliphatic heterocycles. The molecule has 3 nitrogen and oxygen atoms in total. The van der Waals surface area contributed by atoms with E-state index < -0.39 is 9.84 Å². The minimum absolute atomic E-state index is 0.103. The third-order valence-electron chi connectivity index (χ3n) is 1.72. The van der Waals surface area contributed by atoms with Crippen molar-refractivity contribution in [2.75, 3.05) is 11.5 Å². The fraction of sp³-hybridized carbons (Fsp3) is 0.875. The van der Waals surface area contributed by atoms with Crippen LogP contribution in [0.15, 0.2) is 0 Å². The average Bonchev–Trinajstić information content (AvgIpc) is 2.02. The summed E-state index contributed by atoms with van der Waals surface area (Å²) in [6, 6.07) is 0. The average molecular weight is 223 g/mol. The molecular weight excluding hydrogens is 206 g/mol. The molecule has 2 N–H and O–H groups in total. The Balaban J connectivity index is 3.74. The molecule has 0 aromatic heterocycles. The van der Waals surface area contributed by atoms with Crippen LogP contribution in [0.5, 0.6) is 0 Å². The maximum Gasteiger partial charge on any atom is 0.150 e. The van der Waals surface area contributed by atoms with Gasteiger partial charge in [0.15, 0.2) is 9.84 Å². The SMILES string of the molecule is CCCCCS(=O)(=O)CCC(N)=S. The third-order valence-corrected chi connectivity index (χ3v) is 3.66. The number of rotatable bonds is 7. The van der Waals surface area contributed by atoms with Crippen LogP contribution in [-0.4, -0.2) is 24.9 Å². The second kappa shape index (κ2) is 6.32. The van der Waals surface area contributed by atoms with E-state index in [0.717, 1.165) is 19.3 Å². The first-order chi connectivity index (χ1) is 5.98. The van der Waals surface area contributed by atoms with Crippen molar-refractivity contribution in [3.8, 4) is 0 Å². The lowest BCUT2D eigenvalue weighted by atomic mass is 10.3. The van der Waals surface area contributed by atoms with Crippen LogP contribution in [0.3, 0.4) is 0 Å². The highest BCUT2D eigenvalue weighted by molar-refractivity contribution is 7.91. The second-order valence-corrected chi connectivity index (χ2v) is 5.90. The summed E-state index contributed by atoms with van der Waals surface area (Å²) >= 11 is 4.61. The Bertz CT molecular complexity index is 247. The van der Waals surface area contributed by atoms with Gasteiger partial charge >= 0.3 is 0 Å². The van der Waals surface area contributed by atoms with Crippen LogP contribution in [0.4, 0.5) is 0 Å². The fourth-order valence-corrected chi connectivity index (χ4v) is 2.54. The number of hydrogen-bond acceptors (Lipinski definition) is 3. The molecule has 0 radical (unpaired) electrons. The Labute approximate surface area is 85.6 Å². The van der Waals surface area contributed by atoms with Gasteiger partial charge in [0.2, 0.25) is 0 Å². The summed E-state index contributed by atoms with van der Waals surface area (Å²) in [5.41, 5.74) is 5.22. The number of nitrogens with two attached hydrogens (primary N) is 1. The van der Waals surface area contributed by atoms with Crippen LogP contribution < -0.4 is 5.73 Å². The summed E-state index contributed by atoms with van der Waals surface area (Å²) in [5, 5.41) is 0. The predicted octanol–water partition coefficient (Wildman–Crippen LogP) is 1.27. The van der Waals surface area contributed by atoms with Crippen LogP contribution in [0.25, 0.3) is 0 Å². The van der Waals surface area contributed by atoms with Crippen LogP contribution in [0.2, 0.25) is 0 Å². The lowest BCUT2D eigenvalue weighted by molar-refractivity contribution is 0.591. The second-order valence-electron chi connectivity index (χ2n) is 3.08. The number of thiocarbonyl (C=S) groups is 1. The number of unbranched alkanes of at least 4 members (excludes halogenated alkanes) is 2. The Hall–Kier alpha value is -0.160. The molecule has 0 saturated carbocycles. The third kappa shape index (κ3) is 8.18. The van der Waals surface area contributed by atoms with Crippen molar-refractivity contribution in [2.45, 2.75) is 32.6 Å². The van der Waals surface area contributed by atoms with E-state index in [1.165, 1.54) is 0 Å². The lowest BCUT2D eigenvalue weighted by Crippen LogP contribution is -2.17. The highest BCUT2D eigenvalue weighted by Gasteiger charge is 2.09. The van der Waals surface area contributed by atoms with Crippen molar-refractivity contribution in [2.24, 2.45) is 5.73 Å². The predicted molar refractivity (Wildman–Crippen MR) is 59.6 cm³/mol. The zero-order valence-electron chi connectivity index (χ0n) is 7.95. The van der Waals surface area contributed by atoms with E-state index in [1.54, 1.807) is 0 Å². The largest absolute Gasteiger partial charge is 0.393 e. The van der Waals surface area contributed by atoms with Gasteiger partial charge in [0.1, 0.15) is 0 Å². The van der Waals surface area contributed by atoms with Crippen molar-refractivity contribution in [3.63, 3.8) is 0 Å². The van der Waals surface area contributed by atoms with Gasteiger partial charge in [-0.2, -0.15) is 0 Å². The van der Waals surface area contributed by atoms with Crippen molar-refractivity contribution >= 4 is 27.0 Å². The zero-order valence-corrected chi connectivity index (χ0v) is 9.59. The van der Waals surface area contributed by atoms with E-state index in [4.69, 9.17) is 5.73 Å². The van der Waals surface area contributed by atoms with E-state index >= 15 is 0 Å². The van der Waals surface area contributed by atoms with Crippen molar-refractivity contribution < 1.29 is 8.42 Å². The monoisotopic (exact) mass is 223 g/mol. The molecule has 0 atom stereocenters. The lowest BCUT2D eigenvalue weighted by Gasteiger charge is -2.02. The van der Waals surface area contributed by atoms with E-state index in [-0.39, 0.29) is 16.5 Å². The first-order valence-corrected chi connectivity index (χ1v) is 6.69. The standard InChI is InChI=1S/C8H17NO2S2/c1-2-3-4-6-13(10,11)7-5-8(9)12/h2-7H2,1H3,(H2,9,12). The Morgan fingerprint density at radius 3 is 2.38 bits per heavy atom. The van der Waals surface area contributed by atoms with Gasteiger partial charge < -0.3 is 5.73 Å². The molecule has 0 aromatic rings. The zero-order chi connectivity index (χ0) is 10.3. The molecular formula is C8H17NO2S2. The summed E-state index contributed by atoms with van der Waals surface area (Å²) < 4.78 is 22.6. The summed E-state index contributed by atoms with van der Waals surface area (Å²) in [7, 11) is -2.92. The molecule has 0 amide bonds. The maximum absolute atomic E-state index is 11.3. The molecule has 0 aromatic carbocycles. The summed E-state index contributed by atoms with van der Waals surface area (Å²) in [5.74, 6) is 0.371. The number of sulfone groups is 1. The highest BCUT2D eigenvalue weighted by atomic mass is 32.2. The van der Waals surface area contributed by atoms with Crippen LogP contribution >= 0.6 is 12.2 Å². The molecule has 13 heavy (non-hydrogen) atoms. The van der Waals surface area contributed by atoms with Gasteiger partial charge in [-0.15, -0.1) is 0 Å². The molecule has 0 aliphatic carbocycles. The first kappa shape index (κ1) is 12.8.